The summed E-state index contributed by atoms with van der Waals surface area (Å²) >= 11 is 0. The number of hydrogen-bond donors (Lipinski definition) is 1. The van der Waals surface area contributed by atoms with Crippen molar-refractivity contribution in [3.8, 4) is 39.1 Å². The van der Waals surface area contributed by atoms with Crippen LogP contribution in [0.15, 0.2) is 127 Å². The fraction of sp³-hybridized carbons (Fsp3) is 0.214. The second-order valence-electron chi connectivity index (χ2n) is 20.8. The normalized spacial score (nSPS) is 13.0. The molecule has 9 rings (SSSR count). The Kier molecular flexibility index (Phi) is 11.6. The van der Waals surface area contributed by atoms with E-state index in [0.29, 0.717) is 17.9 Å². The zero-order valence-electron chi connectivity index (χ0n) is 39.9. The van der Waals surface area contributed by atoms with Crippen LogP contribution in [0.2, 0.25) is 0 Å². The summed E-state index contributed by atoms with van der Waals surface area (Å²) in [5.41, 5.74) is 20.2. The number of benzene rings is 4. The Bertz CT molecular complexity index is 3140. The quantitative estimate of drug-likeness (QED) is 0.154. The van der Waals surface area contributed by atoms with Gasteiger partial charge in [0.1, 0.15) is 22.7 Å². The van der Waals surface area contributed by atoms with Gasteiger partial charge in [-0.25, -0.2) is 9.97 Å². The molecule has 3 aromatic heterocycles. The average Bonchev–Trinajstić information content (AvgIpc) is 4.05. The van der Waals surface area contributed by atoms with Gasteiger partial charge in [-0.05, 0) is 156 Å². The van der Waals surface area contributed by atoms with Crippen LogP contribution < -0.4 is 17.9 Å². The van der Waals surface area contributed by atoms with Gasteiger partial charge < -0.3 is 9.55 Å². The minimum absolute atomic E-state index is 0. The van der Waals surface area contributed by atoms with Crippen LogP contribution in [0.5, 0.6) is 0 Å². The summed E-state index contributed by atoms with van der Waals surface area (Å²) in [5, 5.41) is 0. The number of quaternary nitrogens is 4. The second-order valence-corrected chi connectivity index (χ2v) is 20.8. The third-order valence-electron chi connectivity index (χ3n) is 12.3. The van der Waals surface area contributed by atoms with Crippen molar-refractivity contribution in [2.45, 2.75) is 0 Å². The van der Waals surface area contributed by atoms with E-state index < -0.39 is 0 Å². The van der Waals surface area contributed by atoms with Crippen molar-refractivity contribution in [1.82, 2.24) is 37.5 Å². The number of nitrogens with zero attached hydrogens (tertiary/aromatic N) is 7. The van der Waals surface area contributed by atoms with Gasteiger partial charge in [-0.1, -0.05) is 0 Å². The summed E-state index contributed by atoms with van der Waals surface area (Å²) in [7, 11) is 26.6. The summed E-state index contributed by atoms with van der Waals surface area (Å²) in [6.07, 6.45) is 8.57. The van der Waals surface area contributed by atoms with Gasteiger partial charge in [0.2, 0.25) is 0 Å². The van der Waals surface area contributed by atoms with Crippen LogP contribution in [0.3, 0.4) is 0 Å². The molecular formula is C56H62CoN8+6. The summed E-state index contributed by atoms with van der Waals surface area (Å²) in [4.78, 5) is 14.3. The Morgan fingerprint density at radius 3 is 1.20 bits per heavy atom. The van der Waals surface area contributed by atoms with Gasteiger partial charge in [0.25, 0.3) is 0 Å². The van der Waals surface area contributed by atoms with Crippen molar-refractivity contribution >= 4 is 69.1 Å². The smallest absolute Gasteiger partial charge is 0.355 e. The molecule has 8 bridgehead atoms. The van der Waals surface area contributed by atoms with Gasteiger partial charge in [-0.2, -0.15) is 0 Å². The molecular weight excluding hydrogens is 844 g/mol. The van der Waals surface area contributed by atoms with E-state index in [4.69, 9.17) is 9.97 Å². The van der Waals surface area contributed by atoms with Gasteiger partial charge >= 0.3 is 16.8 Å². The van der Waals surface area contributed by atoms with Gasteiger partial charge in [0, 0.05) is 45.5 Å². The topological polar surface area (TPSA) is 46.5 Å². The van der Waals surface area contributed by atoms with Crippen molar-refractivity contribution in [1.29, 1.82) is 0 Å². The van der Waals surface area contributed by atoms with E-state index in [9.17, 15) is 0 Å². The van der Waals surface area contributed by atoms with Gasteiger partial charge in [0.05, 0.1) is 118 Å². The first kappa shape index (κ1) is 45.4. The second kappa shape index (κ2) is 16.7. The number of fused-ring (bicyclic) bond motifs is 8. The molecule has 9 heteroatoms. The van der Waals surface area contributed by atoms with Crippen LogP contribution >= 0.6 is 0 Å². The fourth-order valence-corrected chi connectivity index (χ4v) is 8.70. The van der Waals surface area contributed by atoms with E-state index in [1.54, 1.807) is 0 Å². The van der Waals surface area contributed by atoms with E-state index in [-0.39, 0.29) is 16.8 Å². The zero-order valence-corrected chi connectivity index (χ0v) is 40.9. The maximum atomic E-state index is 5.48. The molecule has 5 heterocycles. The maximum Gasteiger partial charge on any atom is 2.00 e. The molecule has 7 aromatic rings. The first-order valence-electron chi connectivity index (χ1n) is 22.1. The number of rotatable bonds is 8. The minimum Gasteiger partial charge on any atom is -0.355 e. The molecule has 0 amide bonds. The monoisotopic (exact) mass is 905 g/mol. The van der Waals surface area contributed by atoms with Crippen molar-refractivity contribution in [2.75, 3.05) is 84.6 Å². The molecule has 0 aliphatic carbocycles. The number of nitrogens with one attached hydrogen (secondary N) is 1. The van der Waals surface area contributed by atoms with Crippen LogP contribution in [0.4, 0.5) is 22.7 Å². The number of aromatic nitrogens is 4. The van der Waals surface area contributed by atoms with E-state index in [1.165, 1.54) is 22.7 Å². The van der Waals surface area contributed by atoms with Gasteiger partial charge in [-0.15, -0.1) is 0 Å². The predicted molar refractivity (Wildman–Crippen MR) is 278 cm³/mol. The molecule has 0 fully saturated rings. The largest absolute Gasteiger partial charge is 2.00 e. The standard InChI is InChI=1S/C56H62N8.Co/c1-61(2,3)47-26-13-38(14-27-47)53-51-34-23-44(59-51)36-43-20-19-41(57-43)35-42-21-22-45(58-42)37-52-54(39-15-28-48(29-16-39)62(4,5)6)55(40-17-30-49(31-18-40)63(7,8)9)56(53)60(52)46-24-32-50(33-25-46)64(10,11)12;/h13-37,57H,1-12H3;/q+4;+2. The number of hydrogen-bond acceptors (Lipinski definition) is 2. The predicted octanol–water partition coefficient (Wildman–Crippen LogP) is 11.9. The number of aromatic amines is 1. The third-order valence-corrected chi connectivity index (χ3v) is 12.3. The molecule has 2 aliphatic rings. The summed E-state index contributed by atoms with van der Waals surface area (Å²) in [5.74, 6) is 0. The maximum absolute atomic E-state index is 5.48. The average molecular weight is 906 g/mol. The first-order chi connectivity index (χ1) is 30.2. The minimum atomic E-state index is 0. The SMILES string of the molecule is C[N+](C)(C)c1ccc(-c2c(-c3ccc([N+](C)(C)C)cc3)c3c(-c4ccc([N+](C)(C)C)cc4)c4nc(cc5ccc(cc6nc(cc2n3-c2ccc([N+](C)(C)C)cc2)C=C6)[nH]5)C=C4)cc1.[Co+2]. The van der Waals surface area contributed by atoms with Crippen LogP contribution in [0.1, 0.15) is 22.8 Å². The van der Waals surface area contributed by atoms with E-state index in [0.717, 1.165) is 83.9 Å². The molecule has 1 N–H and O–H groups in total. The summed E-state index contributed by atoms with van der Waals surface area (Å²) < 4.78 is 5.32. The van der Waals surface area contributed by atoms with Crippen molar-refractivity contribution in [2.24, 2.45) is 0 Å². The van der Waals surface area contributed by atoms with Crippen LogP contribution in [-0.4, -0.2) is 104 Å². The molecule has 8 nitrogen and oxygen atoms in total. The van der Waals surface area contributed by atoms with Crippen molar-refractivity contribution in [3.63, 3.8) is 0 Å². The third kappa shape index (κ3) is 9.09. The van der Waals surface area contributed by atoms with Crippen LogP contribution in [-0.2, 0) is 16.8 Å². The zero-order chi connectivity index (χ0) is 45.3. The van der Waals surface area contributed by atoms with E-state index in [2.05, 4.69) is 246 Å². The molecule has 329 valence electrons. The van der Waals surface area contributed by atoms with E-state index >= 15 is 0 Å². The van der Waals surface area contributed by atoms with Crippen molar-refractivity contribution in [3.05, 3.63) is 150 Å². The summed E-state index contributed by atoms with van der Waals surface area (Å²) in [6.45, 7) is 0. The molecule has 0 unspecified atom stereocenters. The van der Waals surface area contributed by atoms with Gasteiger partial charge in [-0.3, -0.25) is 17.9 Å². The fourth-order valence-electron chi connectivity index (χ4n) is 8.70. The van der Waals surface area contributed by atoms with Crippen LogP contribution in [0, 0.1) is 0 Å². The molecule has 2 aliphatic heterocycles. The molecule has 0 spiro atoms. The van der Waals surface area contributed by atoms with E-state index in [1.807, 2.05) is 0 Å². The molecule has 4 aromatic carbocycles. The van der Waals surface area contributed by atoms with Gasteiger partial charge in [0.15, 0.2) is 0 Å². The number of H-pyrrole nitrogens is 1. The molecule has 0 saturated carbocycles. The van der Waals surface area contributed by atoms with Crippen molar-refractivity contribution < 1.29 is 16.8 Å². The summed E-state index contributed by atoms with van der Waals surface area (Å²) in [6, 6.07) is 47.2. The Morgan fingerprint density at radius 2 is 0.754 bits per heavy atom. The first-order valence-corrected chi connectivity index (χ1v) is 22.1. The van der Waals surface area contributed by atoms with Crippen LogP contribution in [0.25, 0.3) is 85.4 Å². The molecule has 0 saturated heterocycles. The molecule has 0 atom stereocenters. The Hall–Kier alpha value is -6.17. The molecule has 1 radical (unpaired) electrons. The molecule has 65 heavy (non-hydrogen) atoms. The Balaban J connectivity index is 0.00000576. The Morgan fingerprint density at radius 1 is 0.385 bits per heavy atom. The Labute approximate surface area is 395 Å².